The van der Waals surface area contributed by atoms with Crippen molar-refractivity contribution < 1.29 is 0 Å². The zero-order valence-corrected chi connectivity index (χ0v) is 8.66. The predicted molar refractivity (Wildman–Crippen MR) is 55.5 cm³/mol. The van der Waals surface area contributed by atoms with Crippen LogP contribution in [0.1, 0.15) is 25.1 Å². The van der Waals surface area contributed by atoms with Crippen LogP contribution in [0.15, 0.2) is 17.5 Å². The minimum Gasteiger partial charge on any atom is -0.330 e. The Morgan fingerprint density at radius 2 is 2.25 bits per heavy atom. The maximum Gasteiger partial charge on any atom is 0.00454 e. The van der Waals surface area contributed by atoms with Crippen LogP contribution in [0.2, 0.25) is 0 Å². The van der Waals surface area contributed by atoms with Crippen molar-refractivity contribution in [1.29, 1.82) is 0 Å². The quantitative estimate of drug-likeness (QED) is 0.763. The van der Waals surface area contributed by atoms with Crippen LogP contribution >= 0.6 is 11.3 Å². The molecule has 1 heterocycles. The third-order valence-corrected chi connectivity index (χ3v) is 3.12. The minimum absolute atomic E-state index is 0.296. The van der Waals surface area contributed by atoms with E-state index in [0.717, 1.165) is 6.54 Å². The molecule has 1 aromatic heterocycles. The van der Waals surface area contributed by atoms with Gasteiger partial charge in [-0.2, -0.15) is 0 Å². The lowest BCUT2D eigenvalue weighted by Crippen LogP contribution is -2.23. The van der Waals surface area contributed by atoms with Crippen LogP contribution in [0, 0.1) is 5.41 Å². The average molecular weight is 183 g/mol. The van der Waals surface area contributed by atoms with E-state index in [-0.39, 0.29) is 0 Å². The topological polar surface area (TPSA) is 26.0 Å². The van der Waals surface area contributed by atoms with Gasteiger partial charge in [0, 0.05) is 4.88 Å². The molecule has 0 spiro atoms. The van der Waals surface area contributed by atoms with Gasteiger partial charge in [0.1, 0.15) is 0 Å². The second kappa shape index (κ2) is 4.06. The summed E-state index contributed by atoms with van der Waals surface area (Å²) in [6, 6.07) is 4.30. The van der Waals surface area contributed by atoms with Gasteiger partial charge in [-0.05, 0) is 36.2 Å². The van der Waals surface area contributed by atoms with Crippen molar-refractivity contribution in [3.63, 3.8) is 0 Å². The van der Waals surface area contributed by atoms with Crippen molar-refractivity contribution >= 4 is 11.3 Å². The maximum atomic E-state index is 5.65. The molecule has 0 aliphatic rings. The Balaban J connectivity index is 2.36. The van der Waals surface area contributed by atoms with Crippen molar-refractivity contribution in [2.24, 2.45) is 11.1 Å². The molecule has 0 unspecified atom stereocenters. The molecule has 0 atom stereocenters. The number of hydrogen-bond donors (Lipinski definition) is 1. The minimum atomic E-state index is 0.296. The van der Waals surface area contributed by atoms with Crippen LogP contribution < -0.4 is 5.73 Å². The van der Waals surface area contributed by atoms with Crippen molar-refractivity contribution in [2.75, 3.05) is 6.54 Å². The highest BCUT2D eigenvalue weighted by atomic mass is 32.1. The van der Waals surface area contributed by atoms with Gasteiger partial charge in [0.25, 0.3) is 0 Å². The number of hydrogen-bond acceptors (Lipinski definition) is 2. The molecule has 0 amide bonds. The molecule has 2 heteroatoms. The molecule has 0 aliphatic heterocycles. The summed E-state index contributed by atoms with van der Waals surface area (Å²) in [6.45, 7) is 5.22. The first-order valence-electron chi connectivity index (χ1n) is 4.36. The third kappa shape index (κ3) is 2.95. The highest BCUT2D eigenvalue weighted by Crippen LogP contribution is 2.22. The Bertz CT molecular complexity index is 214. The lowest BCUT2D eigenvalue weighted by atomic mass is 9.88. The smallest absolute Gasteiger partial charge is 0.00454 e. The molecule has 2 N–H and O–H groups in total. The lowest BCUT2D eigenvalue weighted by Gasteiger charge is -2.21. The summed E-state index contributed by atoms with van der Waals surface area (Å²) >= 11 is 1.83. The zero-order valence-electron chi connectivity index (χ0n) is 7.84. The van der Waals surface area contributed by atoms with Crippen LogP contribution in [0.3, 0.4) is 0 Å². The van der Waals surface area contributed by atoms with Gasteiger partial charge in [0.15, 0.2) is 0 Å². The van der Waals surface area contributed by atoms with Crippen LogP contribution in [0.5, 0.6) is 0 Å². The molecule has 0 saturated heterocycles. The maximum absolute atomic E-state index is 5.65. The molecule has 0 bridgehead atoms. The summed E-state index contributed by atoms with van der Waals surface area (Å²) in [5, 5.41) is 2.13. The molecular weight excluding hydrogens is 166 g/mol. The second-order valence-corrected chi connectivity index (χ2v) is 4.98. The summed E-state index contributed by atoms with van der Waals surface area (Å²) in [5.41, 5.74) is 5.94. The van der Waals surface area contributed by atoms with Crippen molar-refractivity contribution in [2.45, 2.75) is 26.7 Å². The van der Waals surface area contributed by atoms with Crippen molar-refractivity contribution in [3.8, 4) is 0 Å². The molecule has 68 valence electrons. The Morgan fingerprint density at radius 1 is 1.50 bits per heavy atom. The van der Waals surface area contributed by atoms with E-state index >= 15 is 0 Å². The SMILES string of the molecule is CC(C)(CN)CCc1cccs1. The van der Waals surface area contributed by atoms with E-state index in [4.69, 9.17) is 5.73 Å². The number of thiophene rings is 1. The van der Waals surface area contributed by atoms with E-state index < -0.39 is 0 Å². The van der Waals surface area contributed by atoms with Crippen LogP contribution in [0.25, 0.3) is 0 Å². The number of aryl methyl sites for hydroxylation is 1. The van der Waals surface area contributed by atoms with Gasteiger partial charge in [-0.3, -0.25) is 0 Å². The Hall–Kier alpha value is -0.340. The van der Waals surface area contributed by atoms with Crippen molar-refractivity contribution in [1.82, 2.24) is 0 Å². The molecule has 1 rings (SSSR count). The fraction of sp³-hybridized carbons (Fsp3) is 0.600. The average Bonchev–Trinajstić information content (AvgIpc) is 2.53. The monoisotopic (exact) mass is 183 g/mol. The lowest BCUT2D eigenvalue weighted by molar-refractivity contribution is 0.349. The highest BCUT2D eigenvalue weighted by Gasteiger charge is 2.14. The van der Waals surface area contributed by atoms with Gasteiger partial charge < -0.3 is 5.73 Å². The van der Waals surface area contributed by atoms with E-state index in [1.165, 1.54) is 17.7 Å². The standard InChI is InChI=1S/C10H17NS/c1-10(2,8-11)6-5-9-4-3-7-12-9/h3-4,7H,5-6,8,11H2,1-2H3. The molecule has 0 aromatic carbocycles. The fourth-order valence-electron chi connectivity index (χ4n) is 1.02. The molecule has 12 heavy (non-hydrogen) atoms. The van der Waals surface area contributed by atoms with E-state index in [9.17, 15) is 0 Å². The summed E-state index contributed by atoms with van der Waals surface area (Å²) in [4.78, 5) is 1.47. The Labute approximate surface area is 78.6 Å². The van der Waals surface area contributed by atoms with Crippen molar-refractivity contribution in [3.05, 3.63) is 22.4 Å². The first-order valence-corrected chi connectivity index (χ1v) is 5.24. The van der Waals surface area contributed by atoms with E-state index in [2.05, 4.69) is 31.4 Å². The van der Waals surface area contributed by atoms with Crippen LogP contribution in [-0.4, -0.2) is 6.54 Å². The third-order valence-electron chi connectivity index (χ3n) is 2.18. The molecule has 1 aromatic rings. The van der Waals surface area contributed by atoms with Gasteiger partial charge in [0.2, 0.25) is 0 Å². The largest absolute Gasteiger partial charge is 0.330 e. The first kappa shape index (κ1) is 9.75. The van der Waals surface area contributed by atoms with Gasteiger partial charge in [-0.15, -0.1) is 11.3 Å². The van der Waals surface area contributed by atoms with Crippen LogP contribution in [-0.2, 0) is 6.42 Å². The summed E-state index contributed by atoms with van der Waals surface area (Å²) < 4.78 is 0. The van der Waals surface area contributed by atoms with E-state index in [1.54, 1.807) is 0 Å². The molecule has 0 saturated carbocycles. The number of nitrogens with two attached hydrogens (primary N) is 1. The van der Waals surface area contributed by atoms with Gasteiger partial charge in [-0.25, -0.2) is 0 Å². The molecule has 0 radical (unpaired) electrons. The normalized spacial score (nSPS) is 11.9. The van der Waals surface area contributed by atoms with Gasteiger partial charge in [-0.1, -0.05) is 19.9 Å². The first-order chi connectivity index (χ1) is 5.64. The number of rotatable bonds is 4. The highest BCUT2D eigenvalue weighted by molar-refractivity contribution is 7.09. The van der Waals surface area contributed by atoms with Gasteiger partial charge >= 0.3 is 0 Å². The van der Waals surface area contributed by atoms with Gasteiger partial charge in [0.05, 0.1) is 0 Å². The zero-order chi connectivity index (χ0) is 9.03. The second-order valence-electron chi connectivity index (χ2n) is 3.95. The molecule has 0 fully saturated rings. The Morgan fingerprint density at radius 3 is 2.75 bits per heavy atom. The fourth-order valence-corrected chi connectivity index (χ4v) is 1.73. The summed E-state index contributed by atoms with van der Waals surface area (Å²) in [7, 11) is 0. The van der Waals surface area contributed by atoms with Crippen LogP contribution in [0.4, 0.5) is 0 Å². The summed E-state index contributed by atoms with van der Waals surface area (Å²) in [6.07, 6.45) is 2.35. The Kier molecular flexibility index (Phi) is 3.29. The predicted octanol–water partition coefficient (Wildman–Crippen LogP) is 2.67. The van der Waals surface area contributed by atoms with E-state index in [0.29, 0.717) is 5.41 Å². The van der Waals surface area contributed by atoms with E-state index in [1.807, 2.05) is 11.3 Å². The molecule has 0 aliphatic carbocycles. The molecule has 1 nitrogen and oxygen atoms in total. The molecular formula is C10H17NS. The summed E-state index contributed by atoms with van der Waals surface area (Å²) in [5.74, 6) is 0.